The minimum Gasteiger partial charge on any atom is -0.497 e. The van der Waals surface area contributed by atoms with Gasteiger partial charge in [0.05, 0.1) is 12.1 Å². The van der Waals surface area contributed by atoms with Crippen LogP contribution in [-0.2, 0) is 0 Å². The Kier molecular flexibility index (Phi) is 6.26. The summed E-state index contributed by atoms with van der Waals surface area (Å²) < 4.78 is 10.9. The van der Waals surface area contributed by atoms with Crippen molar-refractivity contribution in [3.8, 4) is 11.5 Å². The number of ether oxygens (including phenoxy) is 2. The molecule has 0 radical (unpaired) electrons. The van der Waals surface area contributed by atoms with Crippen LogP contribution in [0.4, 0.5) is 0 Å². The van der Waals surface area contributed by atoms with Crippen LogP contribution in [0, 0.1) is 0 Å². The Morgan fingerprint density at radius 1 is 1.24 bits per heavy atom. The third-order valence-corrected chi connectivity index (χ3v) is 4.04. The maximum Gasteiger partial charge on any atom is 0.119 e. The third-order valence-electron chi connectivity index (χ3n) is 3.91. The van der Waals surface area contributed by atoms with Crippen molar-refractivity contribution in [2.75, 3.05) is 26.8 Å². The number of methoxy groups -OCH3 is 1. The minimum atomic E-state index is 0.561. The van der Waals surface area contributed by atoms with Crippen LogP contribution < -0.4 is 15.2 Å². The largest absolute Gasteiger partial charge is 0.497 e. The van der Waals surface area contributed by atoms with Crippen LogP contribution in [-0.4, -0.2) is 42.7 Å². The molecule has 0 saturated heterocycles. The SMILES string of the molecule is COc1ccc(OCCN(CC(N)=S)C2CCCC2)cc1. The second-order valence-corrected chi connectivity index (χ2v) is 5.92. The van der Waals surface area contributed by atoms with Crippen molar-refractivity contribution in [3.63, 3.8) is 0 Å². The lowest BCUT2D eigenvalue weighted by molar-refractivity contribution is 0.180. The zero-order valence-corrected chi connectivity index (χ0v) is 13.4. The molecule has 116 valence electrons. The van der Waals surface area contributed by atoms with Gasteiger partial charge in [-0.2, -0.15) is 0 Å². The van der Waals surface area contributed by atoms with Gasteiger partial charge in [-0.3, -0.25) is 4.90 Å². The maximum atomic E-state index is 5.80. The Balaban J connectivity index is 1.81. The zero-order chi connectivity index (χ0) is 15.1. The van der Waals surface area contributed by atoms with Crippen molar-refractivity contribution in [1.29, 1.82) is 0 Å². The first-order valence-electron chi connectivity index (χ1n) is 7.48. The average molecular weight is 308 g/mol. The van der Waals surface area contributed by atoms with E-state index in [0.717, 1.165) is 18.0 Å². The second-order valence-electron chi connectivity index (χ2n) is 5.40. The predicted molar refractivity (Wildman–Crippen MR) is 89.1 cm³/mol. The zero-order valence-electron chi connectivity index (χ0n) is 12.6. The standard InChI is InChI=1S/C16H24N2O2S/c1-19-14-6-8-15(9-7-14)20-11-10-18(12-16(17)21)13-4-2-3-5-13/h6-9,13H,2-5,10-12H2,1H3,(H2,17,21). The molecule has 1 aromatic carbocycles. The molecule has 0 unspecified atom stereocenters. The molecule has 0 heterocycles. The van der Waals surface area contributed by atoms with Crippen LogP contribution in [0.3, 0.4) is 0 Å². The van der Waals surface area contributed by atoms with E-state index >= 15 is 0 Å². The molecule has 0 atom stereocenters. The lowest BCUT2D eigenvalue weighted by atomic mass is 10.2. The lowest BCUT2D eigenvalue weighted by Gasteiger charge is -2.28. The molecule has 1 aromatic rings. The van der Waals surface area contributed by atoms with Gasteiger partial charge in [-0.25, -0.2) is 0 Å². The van der Waals surface area contributed by atoms with E-state index in [9.17, 15) is 0 Å². The molecule has 0 aromatic heterocycles. The van der Waals surface area contributed by atoms with E-state index in [0.29, 0.717) is 24.2 Å². The Morgan fingerprint density at radius 3 is 2.43 bits per heavy atom. The van der Waals surface area contributed by atoms with E-state index in [4.69, 9.17) is 27.4 Å². The van der Waals surface area contributed by atoms with Crippen molar-refractivity contribution in [2.45, 2.75) is 31.7 Å². The number of thiocarbonyl (C=S) groups is 1. The van der Waals surface area contributed by atoms with Crippen LogP contribution >= 0.6 is 12.2 Å². The molecule has 21 heavy (non-hydrogen) atoms. The van der Waals surface area contributed by atoms with Crippen LogP contribution in [0.15, 0.2) is 24.3 Å². The Morgan fingerprint density at radius 2 is 1.86 bits per heavy atom. The topological polar surface area (TPSA) is 47.7 Å². The molecule has 0 bridgehead atoms. The van der Waals surface area contributed by atoms with Crippen molar-refractivity contribution in [1.82, 2.24) is 4.90 Å². The highest BCUT2D eigenvalue weighted by atomic mass is 32.1. The first kappa shape index (κ1) is 16.0. The summed E-state index contributed by atoms with van der Waals surface area (Å²) in [5, 5.41) is 0. The molecule has 2 N–H and O–H groups in total. The summed E-state index contributed by atoms with van der Waals surface area (Å²) >= 11 is 5.06. The van der Waals surface area contributed by atoms with Gasteiger partial charge in [-0.1, -0.05) is 25.1 Å². The molecular weight excluding hydrogens is 284 g/mol. The number of rotatable bonds is 8. The highest BCUT2D eigenvalue weighted by Gasteiger charge is 2.22. The number of nitrogens with zero attached hydrogens (tertiary/aromatic N) is 1. The molecule has 4 nitrogen and oxygen atoms in total. The molecule has 1 saturated carbocycles. The molecule has 0 aliphatic heterocycles. The van der Waals surface area contributed by atoms with Gasteiger partial charge in [0.1, 0.15) is 18.1 Å². The summed E-state index contributed by atoms with van der Waals surface area (Å²) in [5.41, 5.74) is 5.71. The van der Waals surface area contributed by atoms with Gasteiger partial charge in [0.2, 0.25) is 0 Å². The summed E-state index contributed by atoms with van der Waals surface area (Å²) in [6.45, 7) is 2.19. The predicted octanol–water partition coefficient (Wildman–Crippen LogP) is 2.60. The van der Waals surface area contributed by atoms with Crippen molar-refractivity contribution in [3.05, 3.63) is 24.3 Å². The number of nitrogens with two attached hydrogens (primary N) is 1. The van der Waals surface area contributed by atoms with Crippen molar-refractivity contribution >= 4 is 17.2 Å². The smallest absolute Gasteiger partial charge is 0.119 e. The highest BCUT2D eigenvalue weighted by Crippen LogP contribution is 2.23. The van der Waals surface area contributed by atoms with E-state index < -0.39 is 0 Å². The number of hydrogen-bond donors (Lipinski definition) is 1. The molecule has 1 aliphatic rings. The molecule has 5 heteroatoms. The third kappa shape index (κ3) is 5.17. The average Bonchev–Trinajstić information content (AvgIpc) is 3.00. The van der Waals surface area contributed by atoms with Crippen molar-refractivity contribution in [2.24, 2.45) is 5.73 Å². The number of hydrogen-bond acceptors (Lipinski definition) is 4. The molecule has 2 rings (SSSR count). The van der Waals surface area contributed by atoms with Gasteiger partial charge in [0, 0.05) is 19.1 Å². The van der Waals surface area contributed by atoms with E-state index in [2.05, 4.69) is 4.90 Å². The van der Waals surface area contributed by atoms with Gasteiger partial charge in [0.25, 0.3) is 0 Å². The van der Waals surface area contributed by atoms with Gasteiger partial charge in [-0.15, -0.1) is 0 Å². The summed E-state index contributed by atoms with van der Waals surface area (Å²) in [4.78, 5) is 2.92. The van der Waals surface area contributed by atoms with Crippen LogP contribution in [0.25, 0.3) is 0 Å². The Bertz CT molecular complexity index is 444. The van der Waals surface area contributed by atoms with Crippen LogP contribution in [0.2, 0.25) is 0 Å². The first-order valence-corrected chi connectivity index (χ1v) is 7.89. The van der Waals surface area contributed by atoms with Crippen LogP contribution in [0.1, 0.15) is 25.7 Å². The molecule has 0 amide bonds. The summed E-state index contributed by atoms with van der Waals surface area (Å²) in [6, 6.07) is 8.25. The quantitative estimate of drug-likeness (QED) is 0.748. The van der Waals surface area contributed by atoms with Crippen molar-refractivity contribution < 1.29 is 9.47 Å². The number of benzene rings is 1. The molecule has 1 fully saturated rings. The fraction of sp³-hybridized carbons (Fsp3) is 0.562. The van der Waals surface area contributed by atoms with Gasteiger partial charge >= 0.3 is 0 Å². The Hall–Kier alpha value is -1.33. The molecule has 1 aliphatic carbocycles. The molecule has 0 spiro atoms. The van der Waals surface area contributed by atoms with Crippen LogP contribution in [0.5, 0.6) is 11.5 Å². The van der Waals surface area contributed by atoms with Gasteiger partial charge < -0.3 is 15.2 Å². The first-order chi connectivity index (χ1) is 10.2. The van der Waals surface area contributed by atoms with E-state index in [1.54, 1.807) is 7.11 Å². The van der Waals surface area contributed by atoms with E-state index in [-0.39, 0.29) is 0 Å². The molecular formula is C16H24N2O2S. The van der Waals surface area contributed by atoms with E-state index in [1.165, 1.54) is 25.7 Å². The fourth-order valence-corrected chi connectivity index (χ4v) is 2.98. The fourth-order valence-electron chi connectivity index (χ4n) is 2.81. The van der Waals surface area contributed by atoms with E-state index in [1.807, 2.05) is 24.3 Å². The lowest BCUT2D eigenvalue weighted by Crippen LogP contribution is -2.41. The summed E-state index contributed by atoms with van der Waals surface area (Å²) in [5.74, 6) is 1.70. The second kappa shape index (κ2) is 8.20. The minimum absolute atomic E-state index is 0.561. The monoisotopic (exact) mass is 308 g/mol. The Labute approximate surface area is 132 Å². The van der Waals surface area contributed by atoms with Gasteiger partial charge in [-0.05, 0) is 37.1 Å². The summed E-state index contributed by atoms with van der Waals surface area (Å²) in [6.07, 6.45) is 5.09. The summed E-state index contributed by atoms with van der Waals surface area (Å²) in [7, 11) is 1.66. The van der Waals surface area contributed by atoms with Gasteiger partial charge in [0.15, 0.2) is 0 Å². The normalized spacial score (nSPS) is 15.3. The maximum absolute atomic E-state index is 5.80. The highest BCUT2D eigenvalue weighted by molar-refractivity contribution is 7.80.